The number of nitrogens with one attached hydrogen (secondary N) is 2. The van der Waals surface area contributed by atoms with Crippen LogP contribution in [0.3, 0.4) is 0 Å². The first-order valence-electron chi connectivity index (χ1n) is 8.77. The van der Waals surface area contributed by atoms with Crippen LogP contribution in [0, 0.1) is 5.82 Å². The molecule has 1 unspecified atom stereocenters. The van der Waals surface area contributed by atoms with Crippen LogP contribution >= 0.6 is 9.24 Å². The molecule has 0 heterocycles. The van der Waals surface area contributed by atoms with Crippen LogP contribution in [0.15, 0.2) is 72.8 Å². The predicted octanol–water partition coefficient (Wildman–Crippen LogP) is 3.19. The van der Waals surface area contributed by atoms with Crippen molar-refractivity contribution in [2.75, 3.05) is 0 Å². The lowest BCUT2D eigenvalue weighted by atomic mass is 10.1. The topological polar surface area (TPSA) is 58.2 Å². The van der Waals surface area contributed by atoms with Crippen molar-refractivity contribution in [3.63, 3.8) is 0 Å². The Morgan fingerprint density at radius 3 is 1.61 bits per heavy atom. The minimum atomic E-state index is -0.359. The summed E-state index contributed by atoms with van der Waals surface area (Å²) in [7, 11) is 2.61. The van der Waals surface area contributed by atoms with E-state index in [4.69, 9.17) is 0 Å². The summed E-state index contributed by atoms with van der Waals surface area (Å²) >= 11 is 0. The van der Waals surface area contributed by atoms with E-state index >= 15 is 0 Å². The second kappa shape index (κ2) is 9.25. The summed E-state index contributed by atoms with van der Waals surface area (Å²) in [6.07, 6.45) is 0. The Labute approximate surface area is 165 Å². The van der Waals surface area contributed by atoms with Gasteiger partial charge in [0.1, 0.15) is 5.82 Å². The van der Waals surface area contributed by atoms with Gasteiger partial charge in [0.05, 0.1) is 11.1 Å². The fourth-order valence-corrected chi connectivity index (χ4v) is 2.86. The Kier molecular flexibility index (Phi) is 6.51. The van der Waals surface area contributed by atoms with Gasteiger partial charge in [-0.2, -0.15) is 0 Å². The van der Waals surface area contributed by atoms with E-state index in [1.165, 1.54) is 12.1 Å². The van der Waals surface area contributed by atoms with Gasteiger partial charge < -0.3 is 10.6 Å². The van der Waals surface area contributed by atoms with Crippen molar-refractivity contribution in [1.29, 1.82) is 0 Å². The van der Waals surface area contributed by atoms with Crippen molar-refractivity contribution in [3.8, 4) is 0 Å². The van der Waals surface area contributed by atoms with Gasteiger partial charge in [-0.1, -0.05) is 48.5 Å². The number of carbonyl (C=O) groups excluding carboxylic acids is 2. The van der Waals surface area contributed by atoms with Crippen LogP contribution in [0.5, 0.6) is 0 Å². The van der Waals surface area contributed by atoms with Crippen LogP contribution in [0.25, 0.3) is 0 Å². The van der Waals surface area contributed by atoms with Crippen molar-refractivity contribution in [2.45, 2.75) is 13.1 Å². The molecule has 142 valence electrons. The van der Waals surface area contributed by atoms with Crippen molar-refractivity contribution >= 4 is 26.4 Å². The van der Waals surface area contributed by atoms with Crippen molar-refractivity contribution in [2.24, 2.45) is 0 Å². The van der Waals surface area contributed by atoms with Gasteiger partial charge in [-0.05, 0) is 40.7 Å². The van der Waals surface area contributed by atoms with Crippen LogP contribution in [0.1, 0.15) is 31.8 Å². The molecule has 0 aliphatic rings. The van der Waals surface area contributed by atoms with Crippen molar-refractivity contribution in [1.82, 2.24) is 10.6 Å². The average Bonchev–Trinajstić information content (AvgIpc) is 2.72. The average molecular weight is 394 g/mol. The van der Waals surface area contributed by atoms with E-state index in [9.17, 15) is 14.0 Å². The van der Waals surface area contributed by atoms with Gasteiger partial charge in [0, 0.05) is 13.1 Å². The Balaban J connectivity index is 1.65. The molecule has 0 bridgehead atoms. The largest absolute Gasteiger partial charge is 0.348 e. The maximum Gasteiger partial charge on any atom is 0.252 e. The lowest BCUT2D eigenvalue weighted by Crippen LogP contribution is -2.29. The molecule has 2 N–H and O–H groups in total. The van der Waals surface area contributed by atoms with Crippen LogP contribution < -0.4 is 15.9 Å². The Morgan fingerprint density at radius 2 is 1.14 bits per heavy atom. The molecule has 0 fully saturated rings. The highest BCUT2D eigenvalue weighted by atomic mass is 31.0. The zero-order valence-electron chi connectivity index (χ0n) is 15.1. The second-order valence-corrected chi connectivity index (χ2v) is 6.95. The number of carbonyl (C=O) groups is 2. The highest BCUT2D eigenvalue weighted by Gasteiger charge is 2.16. The number of amides is 2. The smallest absolute Gasteiger partial charge is 0.252 e. The summed E-state index contributed by atoms with van der Waals surface area (Å²) in [6, 6.07) is 20.3. The molecule has 3 aromatic rings. The molecular formula is C22H20FN2O2P. The lowest BCUT2D eigenvalue weighted by molar-refractivity contribution is 0.0916. The Bertz CT molecular complexity index is 892. The van der Waals surface area contributed by atoms with Crippen molar-refractivity contribution < 1.29 is 14.0 Å². The third-order valence-electron chi connectivity index (χ3n) is 4.22. The maximum atomic E-state index is 13.0. The van der Waals surface area contributed by atoms with Crippen LogP contribution in [0.2, 0.25) is 0 Å². The molecule has 3 rings (SSSR count). The maximum absolute atomic E-state index is 13.0. The second-order valence-electron chi connectivity index (χ2n) is 6.28. The monoisotopic (exact) mass is 394 g/mol. The molecule has 0 spiro atoms. The summed E-state index contributed by atoms with van der Waals surface area (Å²) in [5, 5.41) is 6.68. The van der Waals surface area contributed by atoms with Gasteiger partial charge >= 0.3 is 0 Å². The quantitative estimate of drug-likeness (QED) is 0.631. The lowest BCUT2D eigenvalue weighted by Gasteiger charge is -2.11. The van der Waals surface area contributed by atoms with E-state index in [1.54, 1.807) is 36.4 Å². The predicted molar refractivity (Wildman–Crippen MR) is 111 cm³/mol. The normalized spacial score (nSPS) is 10.4. The minimum Gasteiger partial charge on any atom is -0.348 e. The van der Waals surface area contributed by atoms with E-state index in [1.807, 2.05) is 24.3 Å². The highest BCUT2D eigenvalue weighted by Crippen LogP contribution is 2.10. The first kappa shape index (κ1) is 19.7. The molecule has 28 heavy (non-hydrogen) atoms. The third-order valence-corrected chi connectivity index (χ3v) is 4.60. The fraction of sp³-hybridized carbons (Fsp3) is 0.0909. The summed E-state index contributed by atoms with van der Waals surface area (Å²) in [4.78, 5) is 25.1. The number of rotatable bonds is 6. The third kappa shape index (κ3) is 5.24. The van der Waals surface area contributed by atoms with Gasteiger partial charge in [0.15, 0.2) is 0 Å². The molecule has 0 saturated carbocycles. The molecule has 2 amide bonds. The van der Waals surface area contributed by atoms with Crippen LogP contribution in [-0.2, 0) is 13.1 Å². The molecule has 0 aliphatic heterocycles. The number of benzene rings is 3. The molecule has 0 radical (unpaired) electrons. The molecule has 6 heteroatoms. The molecule has 3 aromatic carbocycles. The number of hydrogen-bond donors (Lipinski definition) is 2. The van der Waals surface area contributed by atoms with E-state index in [2.05, 4.69) is 19.9 Å². The van der Waals surface area contributed by atoms with Gasteiger partial charge in [0.25, 0.3) is 11.8 Å². The first-order chi connectivity index (χ1) is 13.5. The van der Waals surface area contributed by atoms with E-state index in [0.717, 1.165) is 16.4 Å². The molecule has 1 atom stereocenters. The van der Waals surface area contributed by atoms with Gasteiger partial charge in [0.2, 0.25) is 0 Å². The molecular weight excluding hydrogens is 374 g/mol. The SMILES string of the molecule is O=C(NCc1ccc(F)cc1)c1ccccc1C(=O)NCc1ccc(P)cc1. The first-order valence-corrected chi connectivity index (χ1v) is 9.35. The zero-order valence-corrected chi connectivity index (χ0v) is 16.3. The van der Waals surface area contributed by atoms with E-state index < -0.39 is 0 Å². The Hall–Kier alpha value is -3.04. The standard InChI is InChI=1S/C22H20FN2O2P/c23-17-9-5-15(6-10-17)13-24-21(26)19-3-1-2-4-20(19)22(27)25-14-16-7-11-18(28)12-8-16/h1-12H,13-14,28H2,(H,24,26)(H,25,27). The molecule has 4 nitrogen and oxygen atoms in total. The van der Waals surface area contributed by atoms with Gasteiger partial charge in [-0.25, -0.2) is 4.39 Å². The van der Waals surface area contributed by atoms with Gasteiger partial charge in [-0.3, -0.25) is 9.59 Å². The minimum absolute atomic E-state index is 0.246. The molecule has 0 aliphatic carbocycles. The summed E-state index contributed by atoms with van der Waals surface area (Å²) in [6.45, 7) is 0.617. The highest BCUT2D eigenvalue weighted by molar-refractivity contribution is 7.27. The number of hydrogen-bond acceptors (Lipinski definition) is 2. The summed E-state index contributed by atoms with van der Waals surface area (Å²) < 4.78 is 13.0. The zero-order chi connectivity index (χ0) is 19.9. The molecule has 0 saturated heterocycles. The fourth-order valence-electron chi connectivity index (χ4n) is 2.67. The number of halogens is 1. The van der Waals surface area contributed by atoms with Crippen molar-refractivity contribution in [3.05, 3.63) is 101 Å². The van der Waals surface area contributed by atoms with E-state index in [0.29, 0.717) is 17.7 Å². The molecule has 0 aromatic heterocycles. The van der Waals surface area contributed by atoms with Crippen LogP contribution in [-0.4, -0.2) is 11.8 Å². The Morgan fingerprint density at radius 1 is 0.714 bits per heavy atom. The van der Waals surface area contributed by atoms with Crippen LogP contribution in [0.4, 0.5) is 4.39 Å². The van der Waals surface area contributed by atoms with E-state index in [-0.39, 0.29) is 24.2 Å². The summed E-state index contributed by atoms with van der Waals surface area (Å²) in [5.74, 6) is -1.01. The summed E-state index contributed by atoms with van der Waals surface area (Å²) in [5.41, 5.74) is 2.34. The van der Waals surface area contributed by atoms with Gasteiger partial charge in [-0.15, -0.1) is 9.24 Å².